The number of carbonyl (C=O) groups excluding carboxylic acids is 4. The van der Waals surface area contributed by atoms with E-state index in [1.54, 1.807) is 32.0 Å². The number of hydrogen-bond acceptors (Lipinski definition) is 9. The summed E-state index contributed by atoms with van der Waals surface area (Å²) in [5.74, 6) is -1.96. The second-order valence-electron chi connectivity index (χ2n) is 14.5. The van der Waals surface area contributed by atoms with E-state index in [1.807, 2.05) is 4.90 Å². The molecule has 3 aromatic rings. The van der Waals surface area contributed by atoms with Gasteiger partial charge in [-0.05, 0) is 119 Å². The first kappa shape index (κ1) is 40.7. The largest absolute Gasteiger partial charge is 0.491 e. The number of hydrogen-bond donors (Lipinski definition) is 4. The molecule has 0 spiro atoms. The molecule has 3 aliphatic rings. The Kier molecular flexibility index (Phi) is 11.8. The van der Waals surface area contributed by atoms with Gasteiger partial charge in [0.25, 0.3) is 5.91 Å². The van der Waals surface area contributed by atoms with Gasteiger partial charge in [0.2, 0.25) is 17.7 Å². The summed E-state index contributed by atoms with van der Waals surface area (Å²) in [6.07, 6.45) is -1.92. The van der Waals surface area contributed by atoms with Gasteiger partial charge >= 0.3 is 6.18 Å². The summed E-state index contributed by atoms with van der Waals surface area (Å²) in [6.45, 7) is 4.85. The van der Waals surface area contributed by atoms with Crippen molar-refractivity contribution in [3.05, 3.63) is 71.0 Å². The number of nitrogens with zero attached hydrogens (tertiary/aromatic N) is 3. The molecule has 0 aliphatic carbocycles. The van der Waals surface area contributed by atoms with E-state index in [2.05, 4.69) is 16.0 Å². The predicted octanol–water partition coefficient (Wildman–Crippen LogP) is 6.33. The molecule has 3 heterocycles. The topological polar surface area (TPSA) is 149 Å². The Balaban J connectivity index is 0.976. The van der Waals surface area contributed by atoms with Crippen molar-refractivity contribution in [1.29, 1.82) is 0 Å². The number of likely N-dealkylation sites (tertiary alicyclic amines) is 1. The molecule has 3 fully saturated rings. The van der Waals surface area contributed by atoms with Gasteiger partial charge in [-0.1, -0.05) is 11.6 Å². The number of alkyl halides is 3. The van der Waals surface area contributed by atoms with E-state index < -0.39 is 46.6 Å². The Morgan fingerprint density at radius 1 is 1.02 bits per heavy atom. The predicted molar refractivity (Wildman–Crippen MR) is 208 cm³/mol. The van der Waals surface area contributed by atoms with Crippen molar-refractivity contribution in [3.63, 3.8) is 0 Å². The fourth-order valence-corrected chi connectivity index (χ4v) is 7.84. The van der Waals surface area contributed by atoms with Crippen molar-refractivity contribution in [2.24, 2.45) is 5.92 Å². The summed E-state index contributed by atoms with van der Waals surface area (Å²) in [6, 6.07) is 11.6. The third-order valence-electron chi connectivity index (χ3n) is 10.1. The van der Waals surface area contributed by atoms with Crippen LogP contribution in [0.15, 0.2) is 54.6 Å². The highest BCUT2D eigenvalue weighted by Gasteiger charge is 2.51. The molecule has 1 unspecified atom stereocenters. The van der Waals surface area contributed by atoms with Crippen LogP contribution in [0.3, 0.4) is 0 Å². The van der Waals surface area contributed by atoms with Crippen LogP contribution in [0, 0.1) is 11.7 Å². The number of thiocarbonyl (C=S) groups is 1. The number of halogens is 5. The number of piperidine rings is 2. The molecule has 298 valence electrons. The van der Waals surface area contributed by atoms with Crippen LogP contribution in [-0.4, -0.2) is 71.5 Å². The average molecular weight is 818 g/mol. The molecule has 18 heteroatoms. The number of ether oxygens (including phenoxy) is 1. The van der Waals surface area contributed by atoms with Gasteiger partial charge in [-0.15, -0.1) is 0 Å². The smallest absolute Gasteiger partial charge is 0.418 e. The van der Waals surface area contributed by atoms with Gasteiger partial charge < -0.3 is 26.0 Å². The van der Waals surface area contributed by atoms with E-state index in [0.717, 1.165) is 29.9 Å². The Hall–Kier alpha value is -5.00. The van der Waals surface area contributed by atoms with Gasteiger partial charge in [-0.25, -0.2) is 4.39 Å². The molecule has 0 bridgehead atoms. The van der Waals surface area contributed by atoms with Crippen LogP contribution in [0.5, 0.6) is 5.75 Å². The number of nitrogens with two attached hydrogens (primary N) is 1. The van der Waals surface area contributed by atoms with Crippen LogP contribution in [0.4, 0.5) is 46.0 Å². The first-order valence-corrected chi connectivity index (χ1v) is 18.7. The Bertz CT molecular complexity index is 2060. The van der Waals surface area contributed by atoms with Crippen LogP contribution < -0.4 is 36.2 Å². The van der Waals surface area contributed by atoms with E-state index in [4.69, 9.17) is 34.3 Å². The van der Waals surface area contributed by atoms with Crippen molar-refractivity contribution in [3.8, 4) is 5.75 Å². The Morgan fingerprint density at radius 3 is 2.39 bits per heavy atom. The lowest BCUT2D eigenvalue weighted by atomic mass is 9.94. The molecular weight excluding hydrogens is 778 g/mol. The third kappa shape index (κ3) is 9.00. The van der Waals surface area contributed by atoms with Crippen LogP contribution in [-0.2, 0) is 25.4 Å². The SMILES string of the molecule is CC1(C)C(=O)N(c2ccc(N)c(C(F)(F)F)c2)C(=S)N1c1ccc(OCCC2CCN(CC(=O)Nc3cc(Cl)cc(NC4CCC(=O)NC4=O)c3)CC2)c(F)c1. The molecule has 0 saturated carbocycles. The summed E-state index contributed by atoms with van der Waals surface area (Å²) >= 11 is 11.8. The van der Waals surface area contributed by atoms with E-state index in [-0.39, 0.29) is 59.5 Å². The molecule has 5 N–H and O–H groups in total. The van der Waals surface area contributed by atoms with Crippen molar-refractivity contribution in [2.75, 3.05) is 52.4 Å². The number of benzene rings is 3. The molecule has 6 rings (SSSR count). The fraction of sp³-hybridized carbons (Fsp3) is 0.395. The molecular formula is C38H40ClF4N7O5S. The van der Waals surface area contributed by atoms with Crippen molar-refractivity contribution < 1.29 is 41.5 Å². The van der Waals surface area contributed by atoms with Crippen LogP contribution >= 0.6 is 23.8 Å². The zero-order valence-electron chi connectivity index (χ0n) is 30.5. The highest BCUT2D eigenvalue weighted by Crippen LogP contribution is 2.41. The summed E-state index contributed by atoms with van der Waals surface area (Å²) in [5.41, 5.74) is 3.72. The second kappa shape index (κ2) is 16.2. The number of rotatable bonds is 11. The van der Waals surface area contributed by atoms with E-state index in [9.17, 15) is 32.3 Å². The lowest BCUT2D eigenvalue weighted by molar-refractivity contribution is -0.137. The third-order valence-corrected chi connectivity index (χ3v) is 10.6. The van der Waals surface area contributed by atoms with Crippen molar-refractivity contribution in [2.45, 2.75) is 63.7 Å². The summed E-state index contributed by atoms with van der Waals surface area (Å²) in [5, 5.41) is 8.46. The molecule has 3 aliphatic heterocycles. The lowest BCUT2D eigenvalue weighted by Gasteiger charge is -2.31. The van der Waals surface area contributed by atoms with E-state index >= 15 is 4.39 Å². The van der Waals surface area contributed by atoms with Gasteiger partial charge in [0, 0.05) is 40.3 Å². The van der Waals surface area contributed by atoms with Gasteiger partial charge in [-0.3, -0.25) is 34.3 Å². The molecule has 3 saturated heterocycles. The number of amides is 4. The normalized spacial score (nSPS) is 19.3. The van der Waals surface area contributed by atoms with Crippen LogP contribution in [0.2, 0.25) is 5.02 Å². The molecule has 0 aromatic heterocycles. The Labute approximate surface area is 330 Å². The molecule has 0 radical (unpaired) electrons. The average Bonchev–Trinajstić information content (AvgIpc) is 3.29. The maximum Gasteiger partial charge on any atom is 0.418 e. The molecule has 4 amide bonds. The number of nitrogen functional groups attached to an aromatic ring is 1. The lowest BCUT2D eigenvalue weighted by Crippen LogP contribution is -2.47. The van der Waals surface area contributed by atoms with Gasteiger partial charge in [-0.2, -0.15) is 13.2 Å². The zero-order valence-corrected chi connectivity index (χ0v) is 32.0. The minimum atomic E-state index is -4.75. The molecule has 56 heavy (non-hydrogen) atoms. The summed E-state index contributed by atoms with van der Waals surface area (Å²) in [7, 11) is 0. The zero-order chi connectivity index (χ0) is 40.5. The van der Waals surface area contributed by atoms with E-state index in [1.165, 1.54) is 29.2 Å². The van der Waals surface area contributed by atoms with Crippen LogP contribution in [0.25, 0.3) is 0 Å². The molecule has 3 aromatic carbocycles. The number of imide groups is 1. The van der Waals surface area contributed by atoms with Gasteiger partial charge in [0.05, 0.1) is 24.4 Å². The molecule has 12 nitrogen and oxygen atoms in total. The fourth-order valence-electron chi connectivity index (χ4n) is 7.08. The minimum Gasteiger partial charge on any atom is -0.491 e. The molecule has 1 atom stereocenters. The second-order valence-corrected chi connectivity index (χ2v) is 15.3. The standard InChI is InChI=1S/C38H40ClF4N7O5S/c1-37(2)35(54)49(25-3-5-29(44)27(18-25)38(41,42)43)36(56)50(37)26-4-7-31(28(40)19-26)55-14-11-21-9-12-48(13-10-21)20-33(52)46-24-16-22(39)15-23(17-24)45-30-6-8-32(51)47-34(30)53/h3-5,7,15-19,21,30,45H,6,8-14,20,44H2,1-2H3,(H,46,52)(H,47,51,53). The maximum atomic E-state index is 15.4. The van der Waals surface area contributed by atoms with Crippen molar-refractivity contribution >= 4 is 81.0 Å². The first-order chi connectivity index (χ1) is 26.4. The number of anilines is 5. The summed E-state index contributed by atoms with van der Waals surface area (Å²) in [4.78, 5) is 54.4. The maximum absolute atomic E-state index is 15.4. The minimum absolute atomic E-state index is 0.00111. The first-order valence-electron chi connectivity index (χ1n) is 17.9. The summed E-state index contributed by atoms with van der Waals surface area (Å²) < 4.78 is 61.9. The highest BCUT2D eigenvalue weighted by atomic mass is 35.5. The number of carbonyl (C=O) groups is 4. The van der Waals surface area contributed by atoms with Crippen LogP contribution in [0.1, 0.15) is 51.5 Å². The highest BCUT2D eigenvalue weighted by molar-refractivity contribution is 7.81. The van der Waals surface area contributed by atoms with E-state index in [0.29, 0.717) is 42.3 Å². The monoisotopic (exact) mass is 817 g/mol. The quantitative estimate of drug-likeness (QED) is 0.0749. The Morgan fingerprint density at radius 2 is 1.71 bits per heavy atom. The number of nitrogens with one attached hydrogen (secondary N) is 3. The van der Waals surface area contributed by atoms with Gasteiger partial charge in [0.15, 0.2) is 16.7 Å². The van der Waals surface area contributed by atoms with Crippen molar-refractivity contribution in [1.82, 2.24) is 10.2 Å². The van der Waals surface area contributed by atoms with Gasteiger partial charge in [0.1, 0.15) is 11.6 Å².